The lowest BCUT2D eigenvalue weighted by atomic mass is 10.1. The third-order valence-electron chi connectivity index (χ3n) is 2.65. The summed E-state index contributed by atoms with van der Waals surface area (Å²) in [5.41, 5.74) is 8.12. The van der Waals surface area contributed by atoms with Gasteiger partial charge in [-0.05, 0) is 11.1 Å². The van der Waals surface area contributed by atoms with Crippen LogP contribution in [0.3, 0.4) is 0 Å². The number of β-amino-alcohol motifs (C(OH)–C–C–N with tert-alkyl or cyclic N) is 1. The molecule has 0 aliphatic carbocycles. The zero-order chi connectivity index (χ0) is 9.97. The van der Waals surface area contributed by atoms with Gasteiger partial charge in [0.05, 0.1) is 6.10 Å². The second kappa shape index (κ2) is 4.09. The van der Waals surface area contributed by atoms with Gasteiger partial charge < -0.3 is 10.8 Å². The Labute approximate surface area is 84.1 Å². The van der Waals surface area contributed by atoms with Gasteiger partial charge >= 0.3 is 0 Å². The monoisotopic (exact) mass is 192 g/mol. The van der Waals surface area contributed by atoms with Gasteiger partial charge in [-0.1, -0.05) is 24.3 Å². The van der Waals surface area contributed by atoms with E-state index in [-0.39, 0.29) is 0 Å². The summed E-state index contributed by atoms with van der Waals surface area (Å²) < 4.78 is 0. The Morgan fingerprint density at radius 3 is 2.36 bits per heavy atom. The summed E-state index contributed by atoms with van der Waals surface area (Å²) in [7, 11) is 0. The summed E-state index contributed by atoms with van der Waals surface area (Å²) in [5, 5.41) is 9.43. The fourth-order valence-corrected chi connectivity index (χ4v) is 1.91. The zero-order valence-electron chi connectivity index (χ0n) is 8.19. The van der Waals surface area contributed by atoms with Crippen LogP contribution in [0.2, 0.25) is 0 Å². The van der Waals surface area contributed by atoms with Gasteiger partial charge in [-0.15, -0.1) is 0 Å². The molecule has 0 saturated heterocycles. The Morgan fingerprint density at radius 1 is 1.29 bits per heavy atom. The Balaban J connectivity index is 1.98. The van der Waals surface area contributed by atoms with Crippen molar-refractivity contribution in [3.05, 3.63) is 35.4 Å². The molecule has 0 unspecified atom stereocenters. The second-order valence-electron chi connectivity index (χ2n) is 3.83. The summed E-state index contributed by atoms with van der Waals surface area (Å²) in [5.74, 6) is 0. The van der Waals surface area contributed by atoms with Crippen molar-refractivity contribution >= 4 is 0 Å². The Hall–Kier alpha value is -0.900. The van der Waals surface area contributed by atoms with Gasteiger partial charge in [-0.25, -0.2) is 0 Å². The highest BCUT2D eigenvalue weighted by molar-refractivity contribution is 5.30. The number of benzene rings is 1. The highest BCUT2D eigenvalue weighted by Gasteiger charge is 2.19. The summed E-state index contributed by atoms with van der Waals surface area (Å²) in [6, 6.07) is 8.40. The van der Waals surface area contributed by atoms with Gasteiger partial charge in [-0.2, -0.15) is 0 Å². The van der Waals surface area contributed by atoms with Crippen LogP contribution in [0.15, 0.2) is 24.3 Å². The van der Waals surface area contributed by atoms with Gasteiger partial charge in [0.25, 0.3) is 0 Å². The normalized spacial score (nSPS) is 18.1. The average molecular weight is 192 g/mol. The first kappa shape index (κ1) is 9.65. The molecule has 3 nitrogen and oxygen atoms in total. The molecule has 1 aromatic carbocycles. The standard InChI is InChI=1S/C11H16N2O/c12-5-11(14)8-13-6-9-3-1-2-4-10(9)7-13/h1-4,11,14H,5-8,12H2/t11-/m0/s1. The lowest BCUT2D eigenvalue weighted by Gasteiger charge is -2.17. The van der Waals surface area contributed by atoms with E-state index in [2.05, 4.69) is 29.2 Å². The van der Waals surface area contributed by atoms with Crippen molar-refractivity contribution in [3.63, 3.8) is 0 Å². The van der Waals surface area contributed by atoms with Crippen molar-refractivity contribution in [1.82, 2.24) is 4.90 Å². The molecule has 3 N–H and O–H groups in total. The van der Waals surface area contributed by atoms with Crippen LogP contribution in [-0.4, -0.2) is 29.2 Å². The quantitative estimate of drug-likeness (QED) is 0.725. The van der Waals surface area contributed by atoms with E-state index in [1.54, 1.807) is 0 Å². The molecule has 2 rings (SSSR count). The van der Waals surface area contributed by atoms with Crippen LogP contribution in [0.1, 0.15) is 11.1 Å². The van der Waals surface area contributed by atoms with Crippen LogP contribution in [0.4, 0.5) is 0 Å². The lowest BCUT2D eigenvalue weighted by molar-refractivity contribution is 0.118. The van der Waals surface area contributed by atoms with Crippen molar-refractivity contribution < 1.29 is 5.11 Å². The van der Waals surface area contributed by atoms with Crippen molar-refractivity contribution in [1.29, 1.82) is 0 Å². The predicted molar refractivity (Wildman–Crippen MR) is 55.6 cm³/mol. The number of rotatable bonds is 3. The van der Waals surface area contributed by atoms with E-state index in [0.717, 1.165) is 13.1 Å². The molecule has 1 aliphatic rings. The highest BCUT2D eigenvalue weighted by Crippen LogP contribution is 2.21. The molecule has 0 saturated carbocycles. The van der Waals surface area contributed by atoms with Crippen LogP contribution in [0.5, 0.6) is 0 Å². The van der Waals surface area contributed by atoms with E-state index in [1.807, 2.05) is 0 Å². The average Bonchev–Trinajstić information content (AvgIpc) is 2.59. The van der Waals surface area contributed by atoms with Gasteiger partial charge in [0.15, 0.2) is 0 Å². The summed E-state index contributed by atoms with van der Waals surface area (Å²) >= 11 is 0. The first-order valence-electron chi connectivity index (χ1n) is 4.97. The molecule has 0 spiro atoms. The molecule has 0 aromatic heterocycles. The number of fused-ring (bicyclic) bond motifs is 1. The molecular formula is C11H16N2O. The molecule has 0 amide bonds. The molecule has 14 heavy (non-hydrogen) atoms. The summed E-state index contributed by atoms with van der Waals surface area (Å²) in [4.78, 5) is 2.22. The van der Waals surface area contributed by atoms with Crippen molar-refractivity contribution in [3.8, 4) is 0 Å². The number of aliphatic hydroxyl groups excluding tert-OH is 1. The smallest absolute Gasteiger partial charge is 0.0789 e. The molecule has 1 heterocycles. The maximum atomic E-state index is 9.43. The summed E-state index contributed by atoms with van der Waals surface area (Å²) in [6.45, 7) is 2.89. The zero-order valence-corrected chi connectivity index (χ0v) is 8.19. The largest absolute Gasteiger partial charge is 0.390 e. The molecule has 1 aliphatic heterocycles. The third kappa shape index (κ3) is 1.95. The van der Waals surface area contributed by atoms with E-state index < -0.39 is 6.10 Å². The first-order valence-corrected chi connectivity index (χ1v) is 4.97. The van der Waals surface area contributed by atoms with E-state index in [9.17, 15) is 5.11 Å². The molecule has 0 bridgehead atoms. The number of aliphatic hydroxyl groups is 1. The minimum absolute atomic E-state index is 0.340. The van der Waals surface area contributed by atoms with Gasteiger partial charge in [0, 0.05) is 26.2 Å². The molecule has 76 valence electrons. The van der Waals surface area contributed by atoms with Crippen LogP contribution < -0.4 is 5.73 Å². The molecule has 0 radical (unpaired) electrons. The van der Waals surface area contributed by atoms with Gasteiger partial charge in [-0.3, -0.25) is 4.90 Å². The molecule has 0 fully saturated rings. The topological polar surface area (TPSA) is 49.5 Å². The van der Waals surface area contributed by atoms with Crippen LogP contribution in [0.25, 0.3) is 0 Å². The van der Waals surface area contributed by atoms with E-state index in [0.29, 0.717) is 13.1 Å². The van der Waals surface area contributed by atoms with Crippen LogP contribution in [-0.2, 0) is 13.1 Å². The first-order chi connectivity index (χ1) is 6.79. The predicted octanol–water partition coefficient (Wildman–Crippen LogP) is 0.322. The number of hydrogen-bond donors (Lipinski definition) is 2. The fourth-order valence-electron chi connectivity index (χ4n) is 1.91. The molecule has 3 heteroatoms. The van der Waals surface area contributed by atoms with Crippen molar-refractivity contribution in [2.75, 3.05) is 13.1 Å². The Morgan fingerprint density at radius 2 is 1.86 bits per heavy atom. The molecule has 1 atom stereocenters. The maximum Gasteiger partial charge on any atom is 0.0789 e. The van der Waals surface area contributed by atoms with Crippen LogP contribution >= 0.6 is 0 Å². The highest BCUT2D eigenvalue weighted by atomic mass is 16.3. The fraction of sp³-hybridized carbons (Fsp3) is 0.455. The second-order valence-corrected chi connectivity index (χ2v) is 3.83. The third-order valence-corrected chi connectivity index (χ3v) is 2.65. The number of nitrogens with zero attached hydrogens (tertiary/aromatic N) is 1. The van der Waals surface area contributed by atoms with E-state index in [1.165, 1.54) is 11.1 Å². The lowest BCUT2D eigenvalue weighted by Crippen LogP contribution is -2.33. The Bertz CT molecular complexity index is 289. The molecule has 1 aromatic rings. The number of hydrogen-bond acceptors (Lipinski definition) is 3. The van der Waals surface area contributed by atoms with Crippen LogP contribution in [0, 0.1) is 0 Å². The number of nitrogens with two attached hydrogens (primary N) is 1. The maximum absolute atomic E-state index is 9.43. The van der Waals surface area contributed by atoms with Gasteiger partial charge in [0.2, 0.25) is 0 Å². The SMILES string of the molecule is NC[C@H](O)CN1Cc2ccccc2C1. The Kier molecular flexibility index (Phi) is 2.82. The summed E-state index contributed by atoms with van der Waals surface area (Å²) in [6.07, 6.45) is -0.399. The van der Waals surface area contributed by atoms with E-state index in [4.69, 9.17) is 5.73 Å². The minimum Gasteiger partial charge on any atom is -0.390 e. The van der Waals surface area contributed by atoms with Crippen molar-refractivity contribution in [2.24, 2.45) is 5.73 Å². The minimum atomic E-state index is -0.399. The van der Waals surface area contributed by atoms with Crippen molar-refractivity contribution in [2.45, 2.75) is 19.2 Å². The van der Waals surface area contributed by atoms with E-state index >= 15 is 0 Å². The molecular weight excluding hydrogens is 176 g/mol. The van der Waals surface area contributed by atoms with Gasteiger partial charge in [0.1, 0.15) is 0 Å².